The quantitative estimate of drug-likeness (QED) is 0.414. The van der Waals surface area contributed by atoms with Gasteiger partial charge in [-0.3, -0.25) is 23.5 Å². The number of halogens is 1. The van der Waals surface area contributed by atoms with Crippen molar-refractivity contribution < 1.29 is 14.3 Å². The summed E-state index contributed by atoms with van der Waals surface area (Å²) >= 11 is 7.24. The topological polar surface area (TPSA) is 113 Å². The fraction of sp³-hybridized carbons (Fsp3) is 0.294. The first-order chi connectivity index (χ1) is 12.7. The van der Waals surface area contributed by atoms with Crippen LogP contribution >= 0.6 is 23.4 Å². The Morgan fingerprint density at radius 2 is 1.78 bits per heavy atom. The number of anilines is 1. The summed E-state index contributed by atoms with van der Waals surface area (Å²) in [4.78, 5) is 48.8. The van der Waals surface area contributed by atoms with Gasteiger partial charge < -0.3 is 10.5 Å². The zero-order valence-electron chi connectivity index (χ0n) is 14.7. The number of nitrogen functional groups attached to an aromatic ring is 1. The predicted molar refractivity (Wildman–Crippen MR) is 103 cm³/mol. The van der Waals surface area contributed by atoms with Crippen molar-refractivity contribution in [2.75, 3.05) is 18.1 Å². The normalized spacial score (nSPS) is 10.6. The molecule has 0 aliphatic rings. The third-order valence-electron chi connectivity index (χ3n) is 3.74. The van der Waals surface area contributed by atoms with Crippen molar-refractivity contribution in [1.82, 2.24) is 9.13 Å². The highest BCUT2D eigenvalue weighted by molar-refractivity contribution is 7.99. The van der Waals surface area contributed by atoms with Gasteiger partial charge in [0.15, 0.2) is 6.61 Å². The molecule has 0 bridgehead atoms. The fourth-order valence-corrected chi connectivity index (χ4v) is 3.15. The second kappa shape index (κ2) is 8.92. The zero-order chi connectivity index (χ0) is 20.1. The van der Waals surface area contributed by atoms with E-state index >= 15 is 0 Å². The number of esters is 1. The minimum atomic E-state index is -0.824. The van der Waals surface area contributed by atoms with Gasteiger partial charge >= 0.3 is 11.7 Å². The lowest BCUT2D eigenvalue weighted by atomic mass is 10.2. The Balaban J connectivity index is 1.92. The lowest BCUT2D eigenvalue weighted by molar-refractivity contribution is -0.141. The van der Waals surface area contributed by atoms with Crippen LogP contribution in [-0.2, 0) is 23.6 Å². The molecular formula is C17H18ClN3O5S. The third kappa shape index (κ3) is 5.01. The van der Waals surface area contributed by atoms with E-state index in [2.05, 4.69) is 0 Å². The molecule has 0 atom stereocenters. The molecule has 0 radical (unpaired) electrons. The summed E-state index contributed by atoms with van der Waals surface area (Å²) in [5.74, 6) is -1.15. The number of ketones is 1. The van der Waals surface area contributed by atoms with Gasteiger partial charge in [-0.05, 0) is 24.3 Å². The maximum atomic E-state index is 12.2. The first-order valence-corrected chi connectivity index (χ1v) is 9.21. The number of carbonyl (C=O) groups is 2. The number of aromatic nitrogens is 2. The first-order valence-electron chi connectivity index (χ1n) is 7.85. The second-order valence-corrected chi connectivity index (χ2v) is 7.21. The molecule has 0 aliphatic carbocycles. The van der Waals surface area contributed by atoms with E-state index in [9.17, 15) is 19.2 Å². The summed E-state index contributed by atoms with van der Waals surface area (Å²) in [5, 5.41) is 0.626. The maximum Gasteiger partial charge on any atom is 0.332 e. The Morgan fingerprint density at radius 3 is 2.41 bits per heavy atom. The van der Waals surface area contributed by atoms with E-state index in [1.54, 1.807) is 12.1 Å². The molecule has 1 heterocycles. The lowest BCUT2D eigenvalue weighted by Gasteiger charge is -2.11. The number of ether oxygens (including phenoxy) is 1. The molecule has 0 aliphatic heterocycles. The van der Waals surface area contributed by atoms with Crippen LogP contribution in [0.4, 0.5) is 5.82 Å². The summed E-state index contributed by atoms with van der Waals surface area (Å²) in [6.45, 7) is -0.623. The molecule has 27 heavy (non-hydrogen) atoms. The SMILES string of the molecule is Cn1c(N)c(C(=O)COC(=O)CCSc2ccc(Cl)cc2)c(=O)n(C)c1=O. The van der Waals surface area contributed by atoms with Crippen LogP contribution < -0.4 is 17.0 Å². The van der Waals surface area contributed by atoms with Crippen LogP contribution in [0.5, 0.6) is 0 Å². The molecule has 2 rings (SSSR count). The number of hydrogen-bond acceptors (Lipinski definition) is 7. The molecule has 10 heteroatoms. The number of Topliss-reactive ketones (excluding diaryl/α,β-unsaturated/α-hetero) is 1. The van der Waals surface area contributed by atoms with Crippen LogP contribution in [0.2, 0.25) is 5.02 Å². The number of nitrogens with two attached hydrogens (primary N) is 1. The summed E-state index contributed by atoms with van der Waals surface area (Å²) in [7, 11) is 2.58. The van der Waals surface area contributed by atoms with E-state index in [4.69, 9.17) is 22.1 Å². The number of rotatable bonds is 7. The number of carbonyl (C=O) groups excluding carboxylic acids is 2. The Kier molecular flexibility index (Phi) is 6.86. The van der Waals surface area contributed by atoms with Crippen LogP contribution in [0, 0.1) is 0 Å². The molecule has 2 N–H and O–H groups in total. The van der Waals surface area contributed by atoms with E-state index in [1.807, 2.05) is 12.1 Å². The van der Waals surface area contributed by atoms with Crippen LogP contribution in [-0.4, -0.2) is 33.2 Å². The van der Waals surface area contributed by atoms with Gasteiger partial charge in [-0.25, -0.2) is 4.79 Å². The molecule has 0 spiro atoms. The summed E-state index contributed by atoms with van der Waals surface area (Å²) < 4.78 is 6.68. The third-order valence-corrected chi connectivity index (χ3v) is 5.01. The monoisotopic (exact) mass is 411 g/mol. The average molecular weight is 412 g/mol. The Hall–Kier alpha value is -2.52. The molecule has 8 nitrogen and oxygen atoms in total. The van der Waals surface area contributed by atoms with Gasteiger partial charge in [0.2, 0.25) is 5.78 Å². The van der Waals surface area contributed by atoms with E-state index in [1.165, 1.54) is 25.9 Å². The highest BCUT2D eigenvalue weighted by Crippen LogP contribution is 2.21. The van der Waals surface area contributed by atoms with Gasteiger partial charge in [-0.15, -0.1) is 11.8 Å². The van der Waals surface area contributed by atoms with Crippen molar-refractivity contribution in [1.29, 1.82) is 0 Å². The Bertz CT molecular complexity index is 982. The van der Waals surface area contributed by atoms with Crippen molar-refractivity contribution in [2.45, 2.75) is 11.3 Å². The molecule has 0 unspecified atom stereocenters. The second-order valence-electron chi connectivity index (χ2n) is 5.60. The van der Waals surface area contributed by atoms with Gasteiger partial charge in [0, 0.05) is 29.8 Å². The fourth-order valence-electron chi connectivity index (χ4n) is 2.20. The van der Waals surface area contributed by atoms with Crippen LogP contribution in [0.15, 0.2) is 38.8 Å². The number of hydrogen-bond donors (Lipinski definition) is 1. The summed E-state index contributed by atoms with van der Waals surface area (Å²) in [6, 6.07) is 7.16. The van der Waals surface area contributed by atoms with Crippen LogP contribution in [0.3, 0.4) is 0 Å². The minimum absolute atomic E-state index is 0.0847. The largest absolute Gasteiger partial charge is 0.457 e. The van der Waals surface area contributed by atoms with Gasteiger partial charge in [0.25, 0.3) is 5.56 Å². The molecule has 1 aromatic carbocycles. The molecule has 0 saturated heterocycles. The molecule has 0 saturated carbocycles. The summed E-state index contributed by atoms with van der Waals surface area (Å²) in [6.07, 6.45) is 0.0847. The smallest absolute Gasteiger partial charge is 0.332 e. The lowest BCUT2D eigenvalue weighted by Crippen LogP contribution is -2.42. The Morgan fingerprint density at radius 1 is 1.15 bits per heavy atom. The van der Waals surface area contributed by atoms with Crippen LogP contribution in [0.1, 0.15) is 16.8 Å². The van der Waals surface area contributed by atoms with E-state index in [0.29, 0.717) is 10.8 Å². The van der Waals surface area contributed by atoms with E-state index < -0.39 is 29.6 Å². The molecular weight excluding hydrogens is 394 g/mol. The molecule has 0 amide bonds. The van der Waals surface area contributed by atoms with Gasteiger partial charge in [0.1, 0.15) is 11.4 Å². The standard InChI is InChI=1S/C17H18ClN3O5S/c1-20-15(19)14(16(24)21(2)17(20)25)12(22)9-26-13(23)7-8-27-11-5-3-10(18)4-6-11/h3-6H,7-9,19H2,1-2H3. The van der Waals surface area contributed by atoms with Crippen molar-refractivity contribution in [3.63, 3.8) is 0 Å². The molecule has 144 valence electrons. The van der Waals surface area contributed by atoms with Crippen molar-refractivity contribution in [2.24, 2.45) is 14.1 Å². The summed E-state index contributed by atoms with van der Waals surface area (Å²) in [5.41, 5.74) is 3.85. The van der Waals surface area contributed by atoms with Crippen molar-refractivity contribution >= 4 is 40.9 Å². The molecule has 2 aromatic rings. The average Bonchev–Trinajstić information content (AvgIpc) is 2.65. The Labute approximate surface area is 163 Å². The van der Waals surface area contributed by atoms with Crippen molar-refractivity contribution in [3.05, 3.63) is 55.7 Å². The van der Waals surface area contributed by atoms with Crippen molar-refractivity contribution in [3.8, 4) is 0 Å². The molecule has 0 fully saturated rings. The number of benzene rings is 1. The zero-order valence-corrected chi connectivity index (χ0v) is 16.3. The van der Waals surface area contributed by atoms with Gasteiger partial charge in [-0.1, -0.05) is 11.6 Å². The predicted octanol–water partition coefficient (Wildman–Crippen LogP) is 1.23. The van der Waals surface area contributed by atoms with Crippen LogP contribution in [0.25, 0.3) is 0 Å². The molecule has 1 aromatic heterocycles. The number of thioether (sulfide) groups is 1. The number of nitrogens with zero attached hydrogens (tertiary/aromatic N) is 2. The highest BCUT2D eigenvalue weighted by atomic mass is 35.5. The van der Waals surface area contributed by atoms with E-state index in [-0.39, 0.29) is 17.8 Å². The maximum absolute atomic E-state index is 12.2. The van der Waals surface area contributed by atoms with E-state index in [0.717, 1.165) is 14.0 Å². The van der Waals surface area contributed by atoms with Gasteiger partial charge in [-0.2, -0.15) is 0 Å². The first kappa shape index (κ1) is 20.8. The highest BCUT2D eigenvalue weighted by Gasteiger charge is 2.21. The minimum Gasteiger partial charge on any atom is -0.457 e. The van der Waals surface area contributed by atoms with Gasteiger partial charge in [0.05, 0.1) is 6.42 Å².